The van der Waals surface area contributed by atoms with E-state index >= 15 is 0 Å². The van der Waals surface area contributed by atoms with E-state index in [2.05, 4.69) is 50.8 Å². The molecule has 0 spiro atoms. The molecule has 3 heterocycles. The second kappa shape index (κ2) is 10.7. The number of aromatic nitrogens is 1. The number of nitrogens with zero attached hydrogens (tertiary/aromatic N) is 2. The van der Waals surface area contributed by atoms with E-state index in [9.17, 15) is 9.59 Å². The van der Waals surface area contributed by atoms with Crippen molar-refractivity contribution in [3.8, 4) is 0 Å². The molecule has 182 valence electrons. The Morgan fingerprint density at radius 3 is 2.97 bits per heavy atom. The molecule has 1 aromatic heterocycles. The van der Waals surface area contributed by atoms with Crippen molar-refractivity contribution in [2.45, 2.75) is 38.0 Å². The van der Waals surface area contributed by atoms with Gasteiger partial charge in [0.2, 0.25) is 0 Å². The Labute approximate surface area is 204 Å². The number of nitrogens with one attached hydrogen (secondary N) is 2. The van der Waals surface area contributed by atoms with Crippen molar-refractivity contribution in [1.82, 2.24) is 15.2 Å². The largest absolute Gasteiger partial charge is 0.508 e. The van der Waals surface area contributed by atoms with E-state index in [1.807, 2.05) is 30.6 Å². The van der Waals surface area contributed by atoms with E-state index in [4.69, 9.17) is 9.47 Å². The van der Waals surface area contributed by atoms with Crippen molar-refractivity contribution in [3.05, 3.63) is 72.1 Å². The molecular formula is C27H30N4O4. The van der Waals surface area contributed by atoms with Crippen LogP contribution in [0.4, 0.5) is 10.5 Å². The molecule has 1 amide bonds. The zero-order valence-electron chi connectivity index (χ0n) is 19.6. The number of carbonyl (C=O) groups excluding carboxylic acids is 2. The molecule has 2 fully saturated rings. The van der Waals surface area contributed by atoms with Gasteiger partial charge in [0.05, 0.1) is 0 Å². The van der Waals surface area contributed by atoms with E-state index in [0.717, 1.165) is 49.1 Å². The van der Waals surface area contributed by atoms with E-state index in [0.29, 0.717) is 24.6 Å². The molecule has 2 N–H and O–H groups in total. The summed E-state index contributed by atoms with van der Waals surface area (Å²) >= 11 is 0. The minimum absolute atomic E-state index is 0.124. The second-order valence-electron chi connectivity index (χ2n) is 9.17. The van der Waals surface area contributed by atoms with E-state index < -0.39 is 6.16 Å². The quantitative estimate of drug-likeness (QED) is 0.477. The number of cyclic esters (lactones) is 2. The summed E-state index contributed by atoms with van der Waals surface area (Å²) < 4.78 is 9.76. The van der Waals surface area contributed by atoms with Crippen LogP contribution in [0, 0.1) is 0 Å². The zero-order valence-corrected chi connectivity index (χ0v) is 19.6. The number of carbonyl (C=O) groups is 2. The van der Waals surface area contributed by atoms with Crippen LogP contribution in [-0.4, -0.2) is 60.3 Å². The maximum Gasteiger partial charge on any atom is 0.508 e. The highest BCUT2D eigenvalue weighted by molar-refractivity contribution is 5.94. The highest BCUT2D eigenvalue weighted by atomic mass is 16.8. The van der Waals surface area contributed by atoms with Gasteiger partial charge in [-0.2, -0.15) is 0 Å². The average molecular weight is 475 g/mol. The van der Waals surface area contributed by atoms with Gasteiger partial charge < -0.3 is 20.1 Å². The first-order valence-corrected chi connectivity index (χ1v) is 12.2. The molecule has 0 bridgehead atoms. The normalized spacial score (nSPS) is 20.3. The van der Waals surface area contributed by atoms with Gasteiger partial charge in [-0.15, -0.1) is 0 Å². The fourth-order valence-electron chi connectivity index (χ4n) is 4.81. The third-order valence-electron chi connectivity index (χ3n) is 6.54. The summed E-state index contributed by atoms with van der Waals surface area (Å²) in [5.74, 6) is -0.124. The van der Waals surface area contributed by atoms with Crippen molar-refractivity contribution >= 4 is 28.5 Å². The van der Waals surface area contributed by atoms with Crippen molar-refractivity contribution in [2.75, 3.05) is 31.6 Å². The van der Waals surface area contributed by atoms with Crippen LogP contribution in [0.2, 0.25) is 0 Å². The monoisotopic (exact) mass is 474 g/mol. The lowest BCUT2D eigenvalue weighted by Gasteiger charge is -2.34. The lowest BCUT2D eigenvalue weighted by Crippen LogP contribution is -2.41. The number of piperidine rings is 1. The highest BCUT2D eigenvalue weighted by Crippen LogP contribution is 2.25. The van der Waals surface area contributed by atoms with Gasteiger partial charge in [0.25, 0.3) is 5.91 Å². The number of rotatable bonds is 8. The fourth-order valence-corrected chi connectivity index (χ4v) is 4.81. The number of amides is 1. The highest BCUT2D eigenvalue weighted by Gasteiger charge is 2.24. The van der Waals surface area contributed by atoms with Crippen molar-refractivity contribution in [1.29, 1.82) is 0 Å². The van der Waals surface area contributed by atoms with Crippen LogP contribution in [-0.2, 0) is 16.0 Å². The van der Waals surface area contributed by atoms with Crippen molar-refractivity contribution in [3.63, 3.8) is 0 Å². The SMILES string of the molecule is O=C1OCC(CCNC(=O)c2cccc(CN3CCCC(Nc4cccc5cnccc45)C3)c2)O1. The Morgan fingerprint density at radius 1 is 1.17 bits per heavy atom. The first kappa shape index (κ1) is 23.1. The predicted molar refractivity (Wildman–Crippen MR) is 133 cm³/mol. The molecule has 8 heteroatoms. The molecule has 0 radical (unpaired) electrons. The van der Waals surface area contributed by atoms with Crippen LogP contribution in [0.25, 0.3) is 10.8 Å². The summed E-state index contributed by atoms with van der Waals surface area (Å²) in [6.45, 7) is 3.45. The number of pyridine rings is 1. The zero-order chi connectivity index (χ0) is 24.0. The molecule has 3 aromatic rings. The molecule has 2 aliphatic rings. The second-order valence-corrected chi connectivity index (χ2v) is 9.17. The van der Waals surface area contributed by atoms with Crippen molar-refractivity contribution in [2.24, 2.45) is 0 Å². The van der Waals surface area contributed by atoms with Crippen LogP contribution >= 0.6 is 0 Å². The number of benzene rings is 2. The third kappa shape index (κ3) is 5.89. The van der Waals surface area contributed by atoms with Crippen LogP contribution in [0.5, 0.6) is 0 Å². The standard InChI is InChI=1S/C27H30N4O4/c32-26(29-12-9-23-18-34-27(33)35-23)20-5-1-4-19(14-20)16-31-13-3-7-22(17-31)30-25-8-2-6-21-15-28-11-10-24(21)25/h1-2,4-6,8,10-11,14-15,22-23,30H,3,7,9,12-13,16-18H2,(H,29,32). The number of hydrogen-bond acceptors (Lipinski definition) is 7. The molecule has 2 aliphatic heterocycles. The lowest BCUT2D eigenvalue weighted by atomic mass is 10.0. The van der Waals surface area contributed by atoms with Crippen LogP contribution in [0.1, 0.15) is 35.2 Å². The molecule has 35 heavy (non-hydrogen) atoms. The lowest BCUT2D eigenvalue weighted by molar-refractivity contribution is 0.0943. The van der Waals surface area contributed by atoms with Crippen LogP contribution in [0.3, 0.4) is 0 Å². The van der Waals surface area contributed by atoms with Gasteiger partial charge in [0.15, 0.2) is 0 Å². The van der Waals surface area contributed by atoms with Gasteiger partial charge in [-0.1, -0.05) is 24.3 Å². The molecular weight excluding hydrogens is 444 g/mol. The maximum atomic E-state index is 12.6. The van der Waals surface area contributed by atoms with E-state index in [1.54, 1.807) is 0 Å². The van der Waals surface area contributed by atoms with Gasteiger partial charge >= 0.3 is 6.16 Å². The predicted octanol–water partition coefficient (Wildman–Crippen LogP) is 3.97. The average Bonchev–Trinajstić information content (AvgIpc) is 3.29. The molecule has 5 rings (SSSR count). The summed E-state index contributed by atoms with van der Waals surface area (Å²) in [5.41, 5.74) is 2.90. The topological polar surface area (TPSA) is 92.8 Å². The van der Waals surface area contributed by atoms with Gasteiger partial charge in [0.1, 0.15) is 12.7 Å². The summed E-state index contributed by atoms with van der Waals surface area (Å²) in [4.78, 5) is 30.3. The van der Waals surface area contributed by atoms with Gasteiger partial charge in [-0.3, -0.25) is 14.7 Å². The Hall–Kier alpha value is -3.65. The number of fused-ring (bicyclic) bond motifs is 1. The number of anilines is 1. The van der Waals surface area contributed by atoms with Gasteiger partial charge in [-0.05, 0) is 49.2 Å². The van der Waals surface area contributed by atoms with Gasteiger partial charge in [0, 0.05) is 66.5 Å². The van der Waals surface area contributed by atoms with E-state index in [1.165, 1.54) is 5.39 Å². The van der Waals surface area contributed by atoms with Crippen LogP contribution in [0.15, 0.2) is 60.9 Å². The summed E-state index contributed by atoms with van der Waals surface area (Å²) in [5, 5.41) is 8.98. The fraction of sp³-hybridized carbons (Fsp3) is 0.370. The minimum Gasteiger partial charge on any atom is -0.430 e. The molecule has 8 nitrogen and oxygen atoms in total. The van der Waals surface area contributed by atoms with E-state index in [-0.39, 0.29) is 18.6 Å². The Balaban J connectivity index is 1.15. The Kier molecular flexibility index (Phi) is 7.09. The first-order valence-electron chi connectivity index (χ1n) is 12.2. The molecule has 0 saturated carbocycles. The summed E-state index contributed by atoms with van der Waals surface area (Å²) in [6, 6.07) is 16.5. The first-order chi connectivity index (χ1) is 17.1. The molecule has 2 unspecified atom stereocenters. The summed E-state index contributed by atoms with van der Waals surface area (Å²) in [6.07, 6.45) is 5.59. The maximum absolute atomic E-state index is 12.6. The number of likely N-dealkylation sites (tertiary alicyclic amines) is 1. The third-order valence-corrected chi connectivity index (χ3v) is 6.54. The molecule has 2 atom stereocenters. The summed E-state index contributed by atoms with van der Waals surface area (Å²) in [7, 11) is 0. The minimum atomic E-state index is -0.640. The molecule has 2 saturated heterocycles. The smallest absolute Gasteiger partial charge is 0.430 e. The number of ether oxygens (including phenoxy) is 2. The van der Waals surface area contributed by atoms with Gasteiger partial charge in [-0.25, -0.2) is 4.79 Å². The molecule has 0 aliphatic carbocycles. The van der Waals surface area contributed by atoms with Crippen molar-refractivity contribution < 1.29 is 19.1 Å². The van der Waals surface area contributed by atoms with Crippen LogP contribution < -0.4 is 10.6 Å². The number of hydrogen-bond donors (Lipinski definition) is 2. The molecule has 2 aromatic carbocycles. The Bertz CT molecular complexity index is 1200. The Morgan fingerprint density at radius 2 is 2.09 bits per heavy atom.